The van der Waals surface area contributed by atoms with Crippen LogP contribution in [0, 0.1) is 6.92 Å². The third-order valence-corrected chi connectivity index (χ3v) is 6.45. The average molecular weight is 412 g/mol. The Morgan fingerprint density at radius 3 is 2.90 bits per heavy atom. The smallest absolute Gasteiger partial charge is 0.227 e. The lowest BCUT2D eigenvalue weighted by atomic mass is 10.1. The minimum atomic E-state index is 0.597. The van der Waals surface area contributed by atoms with Crippen molar-refractivity contribution in [3.05, 3.63) is 66.7 Å². The summed E-state index contributed by atoms with van der Waals surface area (Å²) in [4.78, 5) is 18.6. The first kappa shape index (κ1) is 18.3. The van der Waals surface area contributed by atoms with Gasteiger partial charge in [-0.1, -0.05) is 0 Å². The van der Waals surface area contributed by atoms with Crippen molar-refractivity contribution >= 4 is 23.0 Å². The lowest BCUT2D eigenvalue weighted by molar-refractivity contribution is 0.310. The minimum Gasteiger partial charge on any atom is -0.366 e. The largest absolute Gasteiger partial charge is 0.366 e. The molecule has 7 nitrogen and oxygen atoms in total. The molecule has 1 N–H and O–H groups in total. The number of fused-ring (bicyclic) bond motifs is 3. The highest BCUT2D eigenvalue weighted by molar-refractivity contribution is 5.66. The summed E-state index contributed by atoms with van der Waals surface area (Å²) >= 11 is 0. The number of piperazine rings is 1. The van der Waals surface area contributed by atoms with E-state index in [1.807, 2.05) is 35.0 Å². The molecule has 2 bridgehead atoms. The molecule has 0 amide bonds. The quantitative estimate of drug-likeness (QED) is 0.552. The maximum absolute atomic E-state index is 4.73. The van der Waals surface area contributed by atoms with Gasteiger partial charge in [-0.15, -0.1) is 0 Å². The molecule has 0 radical (unpaired) electrons. The molecule has 31 heavy (non-hydrogen) atoms. The van der Waals surface area contributed by atoms with E-state index < -0.39 is 0 Å². The maximum atomic E-state index is 4.73. The van der Waals surface area contributed by atoms with Gasteiger partial charge in [0.05, 0.1) is 5.69 Å². The number of anilines is 3. The number of aryl methyl sites for hydroxylation is 1. The summed E-state index contributed by atoms with van der Waals surface area (Å²) < 4.78 is 2.00. The minimum absolute atomic E-state index is 0.597. The second-order valence-corrected chi connectivity index (χ2v) is 8.44. The van der Waals surface area contributed by atoms with Gasteiger partial charge in [0.1, 0.15) is 5.65 Å². The third kappa shape index (κ3) is 3.41. The van der Waals surface area contributed by atoms with Gasteiger partial charge in [0.25, 0.3) is 0 Å². The summed E-state index contributed by atoms with van der Waals surface area (Å²) in [6.07, 6.45) is 8.84. The predicted molar refractivity (Wildman–Crippen MR) is 123 cm³/mol. The molecule has 0 spiro atoms. The standard InChI is InChI=1S/C24H25N7/c1-17-14-19(3-4-22(17)31-13-12-29-10-7-20(31)16-29)27-24-26-8-6-21(28-24)18-2-5-23-25-9-11-30(23)15-18/h2-6,8-9,11,14-15,20H,7,10,12-13,16H2,1H3,(H,26,27,28). The van der Waals surface area contributed by atoms with E-state index in [4.69, 9.17) is 4.98 Å². The predicted octanol–water partition coefficient (Wildman–Crippen LogP) is 3.74. The van der Waals surface area contributed by atoms with Crippen LogP contribution in [-0.2, 0) is 0 Å². The molecule has 5 heterocycles. The van der Waals surface area contributed by atoms with Crippen LogP contribution >= 0.6 is 0 Å². The fourth-order valence-corrected chi connectivity index (χ4v) is 4.85. The molecule has 156 valence electrons. The van der Waals surface area contributed by atoms with E-state index in [-0.39, 0.29) is 0 Å². The molecule has 0 saturated carbocycles. The average Bonchev–Trinajstić information content (AvgIpc) is 3.41. The number of imidazole rings is 1. The topological polar surface area (TPSA) is 61.6 Å². The fraction of sp³-hybridized carbons (Fsp3) is 0.292. The van der Waals surface area contributed by atoms with Crippen LogP contribution in [0.2, 0.25) is 0 Å². The van der Waals surface area contributed by atoms with Gasteiger partial charge in [-0.05, 0) is 55.3 Å². The van der Waals surface area contributed by atoms with Gasteiger partial charge in [-0.2, -0.15) is 0 Å². The Morgan fingerprint density at radius 2 is 1.97 bits per heavy atom. The summed E-state index contributed by atoms with van der Waals surface area (Å²) in [6, 6.07) is 13.2. The normalized spacial score (nSPS) is 20.4. The van der Waals surface area contributed by atoms with Crippen molar-refractivity contribution in [3.8, 4) is 11.3 Å². The molecule has 2 saturated heterocycles. The van der Waals surface area contributed by atoms with Gasteiger partial charge < -0.3 is 14.6 Å². The van der Waals surface area contributed by atoms with Crippen LogP contribution in [-0.4, -0.2) is 56.5 Å². The van der Waals surface area contributed by atoms with Crippen molar-refractivity contribution in [1.82, 2.24) is 24.3 Å². The molecule has 1 aromatic carbocycles. The van der Waals surface area contributed by atoms with Crippen molar-refractivity contribution in [2.75, 3.05) is 36.4 Å². The molecule has 3 aromatic heterocycles. The van der Waals surface area contributed by atoms with Gasteiger partial charge in [-0.25, -0.2) is 15.0 Å². The number of aromatic nitrogens is 4. The van der Waals surface area contributed by atoms with Crippen LogP contribution in [0.25, 0.3) is 16.9 Å². The van der Waals surface area contributed by atoms with Gasteiger partial charge in [0, 0.05) is 73.9 Å². The van der Waals surface area contributed by atoms with Crippen molar-refractivity contribution in [2.45, 2.75) is 19.4 Å². The van der Waals surface area contributed by atoms with Crippen molar-refractivity contribution in [1.29, 1.82) is 0 Å². The Balaban J connectivity index is 1.24. The number of hydrogen-bond acceptors (Lipinski definition) is 6. The van der Waals surface area contributed by atoms with Crippen LogP contribution in [0.5, 0.6) is 0 Å². The zero-order valence-corrected chi connectivity index (χ0v) is 17.6. The van der Waals surface area contributed by atoms with Gasteiger partial charge in [0.2, 0.25) is 5.95 Å². The first-order chi connectivity index (χ1) is 15.2. The molecule has 2 aliphatic rings. The van der Waals surface area contributed by atoms with E-state index in [1.165, 1.54) is 37.3 Å². The van der Waals surface area contributed by atoms with Crippen molar-refractivity contribution in [3.63, 3.8) is 0 Å². The first-order valence-electron chi connectivity index (χ1n) is 10.9. The highest BCUT2D eigenvalue weighted by Crippen LogP contribution is 2.31. The van der Waals surface area contributed by atoms with E-state index in [9.17, 15) is 0 Å². The number of nitrogens with zero attached hydrogens (tertiary/aromatic N) is 6. The van der Waals surface area contributed by atoms with E-state index in [1.54, 1.807) is 12.4 Å². The lowest BCUT2D eigenvalue weighted by Gasteiger charge is -2.37. The molecule has 2 fully saturated rings. The second kappa shape index (κ2) is 7.35. The number of hydrogen-bond donors (Lipinski definition) is 1. The van der Waals surface area contributed by atoms with Crippen LogP contribution in [0.15, 0.2) is 61.2 Å². The Kier molecular flexibility index (Phi) is 4.35. The molecule has 2 aliphatic heterocycles. The summed E-state index contributed by atoms with van der Waals surface area (Å²) in [7, 11) is 0. The number of rotatable bonds is 4. The zero-order chi connectivity index (χ0) is 20.8. The highest BCUT2D eigenvalue weighted by atomic mass is 15.3. The lowest BCUT2D eigenvalue weighted by Crippen LogP contribution is -2.47. The zero-order valence-electron chi connectivity index (χ0n) is 17.6. The summed E-state index contributed by atoms with van der Waals surface area (Å²) in [5, 5.41) is 3.38. The van der Waals surface area contributed by atoms with Crippen LogP contribution in [0.1, 0.15) is 12.0 Å². The van der Waals surface area contributed by atoms with Crippen molar-refractivity contribution in [2.24, 2.45) is 0 Å². The Hall–Kier alpha value is -3.45. The summed E-state index contributed by atoms with van der Waals surface area (Å²) in [6.45, 7) is 6.91. The Morgan fingerprint density at radius 1 is 1.00 bits per heavy atom. The monoisotopic (exact) mass is 411 g/mol. The van der Waals surface area contributed by atoms with E-state index in [0.717, 1.165) is 29.1 Å². The van der Waals surface area contributed by atoms with Crippen molar-refractivity contribution < 1.29 is 0 Å². The Labute approximate surface area is 181 Å². The summed E-state index contributed by atoms with van der Waals surface area (Å²) in [5.74, 6) is 0.597. The van der Waals surface area contributed by atoms with Gasteiger partial charge >= 0.3 is 0 Å². The molecule has 4 aromatic rings. The molecular weight excluding hydrogens is 386 g/mol. The van der Waals surface area contributed by atoms with Gasteiger partial charge in [0.15, 0.2) is 0 Å². The van der Waals surface area contributed by atoms with E-state index >= 15 is 0 Å². The highest BCUT2D eigenvalue weighted by Gasteiger charge is 2.32. The number of nitrogens with one attached hydrogen (secondary N) is 1. The number of pyridine rings is 1. The van der Waals surface area contributed by atoms with Crippen LogP contribution in [0.4, 0.5) is 17.3 Å². The second-order valence-electron chi connectivity index (χ2n) is 8.44. The van der Waals surface area contributed by atoms with E-state index in [2.05, 4.69) is 50.2 Å². The van der Waals surface area contributed by atoms with E-state index in [0.29, 0.717) is 12.0 Å². The molecule has 7 heteroatoms. The third-order valence-electron chi connectivity index (χ3n) is 6.45. The molecule has 2 atom stereocenters. The summed E-state index contributed by atoms with van der Waals surface area (Å²) in [5.41, 5.74) is 6.46. The Bertz CT molecular complexity index is 1250. The molecular formula is C24H25N7. The molecule has 6 rings (SSSR count). The first-order valence-corrected chi connectivity index (χ1v) is 10.9. The van der Waals surface area contributed by atoms with Crippen LogP contribution < -0.4 is 10.2 Å². The molecule has 2 unspecified atom stereocenters. The van der Waals surface area contributed by atoms with Crippen LogP contribution in [0.3, 0.4) is 0 Å². The fourth-order valence-electron chi connectivity index (χ4n) is 4.85. The van der Waals surface area contributed by atoms with Gasteiger partial charge in [-0.3, -0.25) is 4.90 Å². The maximum Gasteiger partial charge on any atom is 0.227 e. The number of benzene rings is 1. The SMILES string of the molecule is Cc1cc(Nc2nccc(-c3ccc4nccn4c3)n2)ccc1N1CCN2CCC1C2. The molecule has 0 aliphatic carbocycles.